The molecule has 17 heavy (non-hydrogen) atoms. The van der Waals surface area contributed by atoms with Crippen molar-refractivity contribution in [2.24, 2.45) is 0 Å². The molecular weight excluding hydrogens is 222 g/mol. The summed E-state index contributed by atoms with van der Waals surface area (Å²) < 4.78 is 0. The number of anilines is 1. The normalized spacial score (nSPS) is 9.94. The minimum Gasteiger partial charge on any atom is -0.386 e. The Labute approximate surface area is 96.8 Å². The Morgan fingerprint density at radius 3 is 3.12 bits per heavy atom. The summed E-state index contributed by atoms with van der Waals surface area (Å²) in [6.45, 7) is 0.223. The standard InChI is InChI=1S/C9H11N7O/c1-10-7-4-11-3-2-6(7)9(17)12-5-8-13-15-16-14-8/h2-4,10H,5H2,1H3,(H,12,17)(H,13,14,15,16). The molecule has 0 radical (unpaired) electrons. The lowest BCUT2D eigenvalue weighted by Crippen LogP contribution is -2.24. The number of hydrogen-bond acceptors (Lipinski definition) is 6. The van der Waals surface area contributed by atoms with Gasteiger partial charge in [-0.3, -0.25) is 9.78 Å². The highest BCUT2D eigenvalue weighted by molar-refractivity contribution is 5.99. The van der Waals surface area contributed by atoms with Gasteiger partial charge in [0.05, 0.1) is 24.0 Å². The highest BCUT2D eigenvalue weighted by Crippen LogP contribution is 2.11. The molecule has 0 aromatic carbocycles. The summed E-state index contributed by atoms with van der Waals surface area (Å²) in [6.07, 6.45) is 3.15. The van der Waals surface area contributed by atoms with Gasteiger partial charge in [0, 0.05) is 13.2 Å². The van der Waals surface area contributed by atoms with Gasteiger partial charge >= 0.3 is 0 Å². The maximum absolute atomic E-state index is 11.9. The van der Waals surface area contributed by atoms with Crippen LogP contribution in [0, 0.1) is 0 Å². The summed E-state index contributed by atoms with van der Waals surface area (Å²) in [7, 11) is 1.73. The molecule has 0 saturated carbocycles. The number of carbonyl (C=O) groups is 1. The van der Waals surface area contributed by atoms with Gasteiger partial charge in [-0.15, -0.1) is 10.2 Å². The average Bonchev–Trinajstić information content (AvgIpc) is 2.89. The third-order valence-corrected chi connectivity index (χ3v) is 2.13. The summed E-state index contributed by atoms with van der Waals surface area (Å²) >= 11 is 0. The van der Waals surface area contributed by atoms with Gasteiger partial charge in [-0.25, -0.2) is 0 Å². The number of pyridine rings is 1. The molecule has 2 aromatic heterocycles. The van der Waals surface area contributed by atoms with Crippen molar-refractivity contribution >= 4 is 11.6 Å². The monoisotopic (exact) mass is 233 g/mol. The largest absolute Gasteiger partial charge is 0.386 e. The molecule has 3 N–H and O–H groups in total. The summed E-state index contributed by atoms with van der Waals surface area (Å²) in [5.74, 6) is 0.208. The number of nitrogens with one attached hydrogen (secondary N) is 3. The Bertz CT molecular complexity index is 496. The molecule has 0 saturated heterocycles. The lowest BCUT2D eigenvalue weighted by atomic mass is 10.2. The van der Waals surface area contributed by atoms with Crippen LogP contribution in [0.2, 0.25) is 0 Å². The van der Waals surface area contributed by atoms with Gasteiger partial charge in [0.2, 0.25) is 0 Å². The molecule has 2 aromatic rings. The Morgan fingerprint density at radius 2 is 2.41 bits per heavy atom. The van der Waals surface area contributed by atoms with E-state index in [1.54, 1.807) is 25.5 Å². The maximum atomic E-state index is 11.9. The molecule has 8 heteroatoms. The number of carbonyl (C=O) groups excluding carboxylic acids is 1. The zero-order valence-electron chi connectivity index (χ0n) is 9.14. The molecule has 0 aliphatic rings. The van der Waals surface area contributed by atoms with Crippen LogP contribution in [-0.4, -0.2) is 38.6 Å². The van der Waals surface area contributed by atoms with Crippen LogP contribution in [-0.2, 0) is 6.54 Å². The predicted molar refractivity (Wildman–Crippen MR) is 59.1 cm³/mol. The fourth-order valence-corrected chi connectivity index (χ4v) is 1.30. The second kappa shape index (κ2) is 5.01. The average molecular weight is 233 g/mol. The van der Waals surface area contributed by atoms with Crippen LogP contribution < -0.4 is 10.6 Å². The fourth-order valence-electron chi connectivity index (χ4n) is 1.30. The fraction of sp³-hybridized carbons (Fsp3) is 0.222. The van der Waals surface area contributed by atoms with Crippen LogP contribution >= 0.6 is 0 Å². The molecule has 0 aliphatic carbocycles. The topological polar surface area (TPSA) is 108 Å². The van der Waals surface area contributed by atoms with Crippen LogP contribution in [0.3, 0.4) is 0 Å². The molecule has 2 heterocycles. The van der Waals surface area contributed by atoms with Gasteiger partial charge in [0.1, 0.15) is 0 Å². The smallest absolute Gasteiger partial charge is 0.253 e. The van der Waals surface area contributed by atoms with E-state index in [1.807, 2.05) is 0 Å². The van der Waals surface area contributed by atoms with E-state index in [1.165, 1.54) is 0 Å². The van der Waals surface area contributed by atoms with E-state index in [0.717, 1.165) is 0 Å². The first-order valence-corrected chi connectivity index (χ1v) is 4.93. The number of aromatic nitrogens is 5. The summed E-state index contributed by atoms with van der Waals surface area (Å²) in [6, 6.07) is 1.64. The first-order chi connectivity index (χ1) is 8.31. The molecule has 1 amide bonds. The first kappa shape index (κ1) is 11.0. The molecule has 8 nitrogen and oxygen atoms in total. The predicted octanol–water partition coefficient (Wildman–Crippen LogP) is -0.434. The molecule has 0 atom stereocenters. The number of rotatable bonds is 4. The quantitative estimate of drug-likeness (QED) is 0.661. The zero-order chi connectivity index (χ0) is 12.1. The highest BCUT2D eigenvalue weighted by atomic mass is 16.1. The molecule has 0 spiro atoms. The number of nitrogens with zero attached hydrogens (tertiary/aromatic N) is 4. The van der Waals surface area contributed by atoms with E-state index in [-0.39, 0.29) is 12.5 Å². The number of amides is 1. The summed E-state index contributed by atoms with van der Waals surface area (Å²) in [5.41, 5.74) is 1.18. The summed E-state index contributed by atoms with van der Waals surface area (Å²) in [4.78, 5) is 15.8. The van der Waals surface area contributed by atoms with Crippen molar-refractivity contribution in [1.29, 1.82) is 0 Å². The van der Waals surface area contributed by atoms with Crippen molar-refractivity contribution in [2.45, 2.75) is 6.54 Å². The second-order valence-corrected chi connectivity index (χ2v) is 3.18. The van der Waals surface area contributed by atoms with Crippen molar-refractivity contribution in [2.75, 3.05) is 12.4 Å². The molecule has 88 valence electrons. The van der Waals surface area contributed by atoms with Gasteiger partial charge in [-0.1, -0.05) is 5.21 Å². The van der Waals surface area contributed by atoms with Crippen LogP contribution in [0.1, 0.15) is 16.2 Å². The maximum Gasteiger partial charge on any atom is 0.253 e. The highest BCUT2D eigenvalue weighted by Gasteiger charge is 2.10. The third-order valence-electron chi connectivity index (χ3n) is 2.13. The Balaban J connectivity index is 2.04. The number of aromatic amines is 1. The molecule has 0 fully saturated rings. The van der Waals surface area contributed by atoms with Crippen LogP contribution in [0.5, 0.6) is 0 Å². The zero-order valence-corrected chi connectivity index (χ0v) is 9.14. The second-order valence-electron chi connectivity index (χ2n) is 3.18. The Morgan fingerprint density at radius 1 is 1.53 bits per heavy atom. The Hall–Kier alpha value is -2.51. The van der Waals surface area contributed by atoms with Gasteiger partial charge in [0.25, 0.3) is 5.91 Å². The van der Waals surface area contributed by atoms with Crippen molar-refractivity contribution in [3.05, 3.63) is 29.8 Å². The summed E-state index contributed by atoms with van der Waals surface area (Å²) in [5, 5.41) is 18.8. The molecule has 0 bridgehead atoms. The minimum absolute atomic E-state index is 0.221. The minimum atomic E-state index is -0.221. The van der Waals surface area contributed by atoms with Crippen molar-refractivity contribution < 1.29 is 4.79 Å². The van der Waals surface area contributed by atoms with Crippen LogP contribution in [0.15, 0.2) is 18.5 Å². The lowest BCUT2D eigenvalue weighted by Gasteiger charge is -2.07. The number of hydrogen-bond donors (Lipinski definition) is 3. The van der Waals surface area contributed by atoms with E-state index in [9.17, 15) is 4.79 Å². The number of tetrazole rings is 1. The molecular formula is C9H11N7O. The van der Waals surface area contributed by atoms with E-state index in [4.69, 9.17) is 0 Å². The Kier molecular flexibility index (Phi) is 3.24. The van der Waals surface area contributed by atoms with E-state index < -0.39 is 0 Å². The lowest BCUT2D eigenvalue weighted by molar-refractivity contribution is 0.0950. The van der Waals surface area contributed by atoms with Crippen molar-refractivity contribution in [3.63, 3.8) is 0 Å². The molecule has 0 unspecified atom stereocenters. The number of H-pyrrole nitrogens is 1. The van der Waals surface area contributed by atoms with E-state index in [0.29, 0.717) is 17.1 Å². The molecule has 2 rings (SSSR count). The third kappa shape index (κ3) is 2.54. The van der Waals surface area contributed by atoms with Crippen LogP contribution in [0.4, 0.5) is 5.69 Å². The van der Waals surface area contributed by atoms with Gasteiger partial charge in [-0.2, -0.15) is 5.21 Å². The van der Waals surface area contributed by atoms with Gasteiger partial charge in [-0.05, 0) is 6.07 Å². The first-order valence-electron chi connectivity index (χ1n) is 4.93. The van der Waals surface area contributed by atoms with E-state index >= 15 is 0 Å². The van der Waals surface area contributed by atoms with Crippen LogP contribution in [0.25, 0.3) is 0 Å². The van der Waals surface area contributed by atoms with Gasteiger partial charge < -0.3 is 10.6 Å². The van der Waals surface area contributed by atoms with Crippen molar-refractivity contribution in [3.8, 4) is 0 Å². The molecule has 0 aliphatic heterocycles. The van der Waals surface area contributed by atoms with E-state index in [2.05, 4.69) is 36.2 Å². The van der Waals surface area contributed by atoms with Gasteiger partial charge in [0.15, 0.2) is 5.82 Å². The van der Waals surface area contributed by atoms with Crippen molar-refractivity contribution in [1.82, 2.24) is 30.9 Å². The SMILES string of the molecule is CNc1cnccc1C(=O)NCc1nn[nH]n1.